The molecular formula is C26H26N4O6. The maximum absolute atomic E-state index is 13.3. The number of nitrogens with zero attached hydrogens (tertiary/aromatic N) is 2. The predicted octanol–water partition coefficient (Wildman–Crippen LogP) is 3.76. The van der Waals surface area contributed by atoms with E-state index in [1.807, 2.05) is 13.8 Å². The number of hydrogen-bond donors (Lipinski definition) is 2. The van der Waals surface area contributed by atoms with Crippen LogP contribution in [0.25, 0.3) is 10.9 Å². The van der Waals surface area contributed by atoms with Crippen molar-refractivity contribution in [3.8, 4) is 11.5 Å². The number of methoxy groups -OCH3 is 2. The largest absolute Gasteiger partial charge is 0.493 e. The fraction of sp³-hybridized carbons (Fsp3) is 0.231. The molecule has 2 N–H and O–H groups in total. The van der Waals surface area contributed by atoms with Gasteiger partial charge < -0.3 is 29.1 Å². The van der Waals surface area contributed by atoms with E-state index in [1.165, 1.54) is 20.5 Å². The van der Waals surface area contributed by atoms with Gasteiger partial charge in [-0.3, -0.25) is 14.4 Å². The third-order valence-electron chi connectivity index (χ3n) is 5.75. The van der Waals surface area contributed by atoms with Crippen LogP contribution in [-0.4, -0.2) is 47.4 Å². The fourth-order valence-electron chi connectivity index (χ4n) is 3.76. The monoisotopic (exact) mass is 490 g/mol. The molecule has 0 bridgehead atoms. The van der Waals surface area contributed by atoms with Crippen molar-refractivity contribution in [2.75, 3.05) is 26.1 Å². The lowest BCUT2D eigenvalue weighted by Gasteiger charge is -2.21. The van der Waals surface area contributed by atoms with E-state index in [1.54, 1.807) is 47.4 Å². The molecule has 0 unspecified atom stereocenters. The van der Waals surface area contributed by atoms with Crippen LogP contribution in [0.2, 0.25) is 0 Å². The number of carbonyl (C=O) groups excluding carboxylic acids is 2. The van der Waals surface area contributed by atoms with Gasteiger partial charge in [0.25, 0.3) is 17.4 Å². The summed E-state index contributed by atoms with van der Waals surface area (Å²) < 4.78 is 15.7. The SMILES string of the molecule is CCN(Cc1nc2cc(OC)c(OC)cc2c(=O)[nH]1)C(=O)c1ccc(C)c(NC(=O)c2ccco2)c1. The first-order chi connectivity index (χ1) is 17.3. The number of anilines is 1. The highest BCUT2D eigenvalue weighted by molar-refractivity contribution is 6.04. The number of amides is 2. The summed E-state index contributed by atoms with van der Waals surface area (Å²) in [6, 6.07) is 11.4. The maximum Gasteiger partial charge on any atom is 0.291 e. The zero-order valence-corrected chi connectivity index (χ0v) is 20.4. The van der Waals surface area contributed by atoms with Crippen molar-refractivity contribution in [1.29, 1.82) is 0 Å². The van der Waals surface area contributed by atoms with Crippen LogP contribution in [0.1, 0.15) is 39.2 Å². The molecule has 10 heteroatoms. The van der Waals surface area contributed by atoms with Crippen molar-refractivity contribution in [1.82, 2.24) is 14.9 Å². The third-order valence-corrected chi connectivity index (χ3v) is 5.75. The summed E-state index contributed by atoms with van der Waals surface area (Å²) in [6.45, 7) is 4.11. The Morgan fingerprint density at radius 3 is 2.53 bits per heavy atom. The topological polar surface area (TPSA) is 127 Å². The van der Waals surface area contributed by atoms with Crippen LogP contribution >= 0.6 is 0 Å². The number of aryl methyl sites for hydroxylation is 1. The van der Waals surface area contributed by atoms with Gasteiger partial charge in [0, 0.05) is 23.9 Å². The van der Waals surface area contributed by atoms with Crippen LogP contribution in [0.5, 0.6) is 11.5 Å². The fourth-order valence-corrected chi connectivity index (χ4v) is 3.76. The van der Waals surface area contributed by atoms with E-state index in [2.05, 4.69) is 15.3 Å². The molecule has 0 radical (unpaired) electrons. The molecule has 0 saturated heterocycles. The number of ether oxygens (including phenoxy) is 2. The van der Waals surface area contributed by atoms with Crippen molar-refractivity contribution in [3.63, 3.8) is 0 Å². The van der Waals surface area contributed by atoms with Gasteiger partial charge >= 0.3 is 0 Å². The Morgan fingerprint density at radius 1 is 1.11 bits per heavy atom. The minimum Gasteiger partial charge on any atom is -0.493 e. The number of furan rings is 1. The van der Waals surface area contributed by atoms with Crippen molar-refractivity contribution in [3.05, 3.63) is 81.8 Å². The van der Waals surface area contributed by atoms with Gasteiger partial charge in [-0.25, -0.2) is 4.98 Å². The first-order valence-corrected chi connectivity index (χ1v) is 11.2. The van der Waals surface area contributed by atoms with Crippen LogP contribution in [0, 0.1) is 6.92 Å². The number of benzene rings is 2. The molecule has 0 atom stereocenters. The van der Waals surface area contributed by atoms with Crippen molar-refractivity contribution in [2.45, 2.75) is 20.4 Å². The molecule has 0 fully saturated rings. The van der Waals surface area contributed by atoms with Gasteiger partial charge in [0.05, 0.1) is 37.9 Å². The summed E-state index contributed by atoms with van der Waals surface area (Å²) in [6.07, 6.45) is 1.42. The molecule has 2 heterocycles. The molecule has 2 amide bonds. The van der Waals surface area contributed by atoms with E-state index < -0.39 is 5.91 Å². The van der Waals surface area contributed by atoms with E-state index in [0.717, 1.165) is 5.56 Å². The molecule has 2 aromatic carbocycles. The molecule has 4 aromatic rings. The van der Waals surface area contributed by atoms with Gasteiger partial charge in [0.2, 0.25) is 0 Å². The number of rotatable bonds is 8. The molecule has 0 saturated carbocycles. The van der Waals surface area contributed by atoms with Gasteiger partial charge in [-0.05, 0) is 49.7 Å². The minimum atomic E-state index is -0.412. The molecule has 36 heavy (non-hydrogen) atoms. The summed E-state index contributed by atoms with van der Waals surface area (Å²) >= 11 is 0. The number of carbonyl (C=O) groups is 2. The van der Waals surface area contributed by atoms with Crippen LogP contribution in [-0.2, 0) is 6.54 Å². The first kappa shape index (κ1) is 24.5. The predicted molar refractivity (Wildman–Crippen MR) is 134 cm³/mol. The Hall–Kier alpha value is -4.60. The van der Waals surface area contributed by atoms with Crippen molar-refractivity contribution in [2.24, 2.45) is 0 Å². The Bertz CT molecular complexity index is 1480. The molecule has 10 nitrogen and oxygen atoms in total. The van der Waals surface area contributed by atoms with Crippen molar-refractivity contribution >= 4 is 28.4 Å². The summed E-state index contributed by atoms with van der Waals surface area (Å²) in [7, 11) is 2.99. The van der Waals surface area contributed by atoms with Crippen LogP contribution in [0.3, 0.4) is 0 Å². The summed E-state index contributed by atoms with van der Waals surface area (Å²) in [4.78, 5) is 47.3. The summed E-state index contributed by atoms with van der Waals surface area (Å²) in [5, 5.41) is 3.13. The van der Waals surface area contributed by atoms with Gasteiger partial charge in [-0.1, -0.05) is 6.07 Å². The zero-order chi connectivity index (χ0) is 25.8. The minimum absolute atomic E-state index is 0.0802. The highest BCUT2D eigenvalue weighted by atomic mass is 16.5. The van der Waals surface area contributed by atoms with E-state index in [-0.39, 0.29) is 23.8 Å². The molecule has 0 aliphatic heterocycles. The molecule has 0 aliphatic rings. The second-order valence-electron chi connectivity index (χ2n) is 8.02. The second-order valence-corrected chi connectivity index (χ2v) is 8.02. The highest BCUT2D eigenvalue weighted by Crippen LogP contribution is 2.30. The maximum atomic E-state index is 13.3. The number of aromatic nitrogens is 2. The summed E-state index contributed by atoms with van der Waals surface area (Å²) in [5.74, 6) is 0.673. The van der Waals surface area contributed by atoms with Crippen molar-refractivity contribution < 1.29 is 23.5 Å². The van der Waals surface area contributed by atoms with E-state index in [4.69, 9.17) is 13.9 Å². The number of aromatic amines is 1. The molecule has 2 aromatic heterocycles. The Kier molecular flexibility index (Phi) is 7.05. The number of H-pyrrole nitrogens is 1. The van der Waals surface area contributed by atoms with E-state index in [9.17, 15) is 14.4 Å². The lowest BCUT2D eigenvalue weighted by atomic mass is 10.1. The van der Waals surface area contributed by atoms with Crippen LogP contribution < -0.4 is 20.3 Å². The van der Waals surface area contributed by atoms with Gasteiger partial charge in [0.15, 0.2) is 17.3 Å². The summed E-state index contributed by atoms with van der Waals surface area (Å²) in [5.41, 5.74) is 1.74. The second kappa shape index (κ2) is 10.3. The number of nitrogens with one attached hydrogen (secondary N) is 2. The number of fused-ring (bicyclic) bond motifs is 1. The Morgan fingerprint density at radius 2 is 1.86 bits per heavy atom. The average molecular weight is 491 g/mol. The average Bonchev–Trinajstić information content (AvgIpc) is 3.43. The van der Waals surface area contributed by atoms with E-state index >= 15 is 0 Å². The normalized spacial score (nSPS) is 10.8. The van der Waals surface area contributed by atoms with Crippen LogP contribution in [0.15, 0.2) is 57.9 Å². The van der Waals surface area contributed by atoms with E-state index in [0.29, 0.717) is 46.0 Å². The quantitative estimate of drug-likeness (QED) is 0.385. The van der Waals surface area contributed by atoms with Gasteiger partial charge in [-0.2, -0.15) is 0 Å². The molecule has 4 rings (SSSR count). The molecule has 186 valence electrons. The van der Waals surface area contributed by atoms with Crippen LogP contribution in [0.4, 0.5) is 5.69 Å². The lowest BCUT2D eigenvalue weighted by molar-refractivity contribution is 0.0748. The number of hydrogen-bond acceptors (Lipinski definition) is 7. The lowest BCUT2D eigenvalue weighted by Crippen LogP contribution is -2.32. The molecular weight excluding hydrogens is 464 g/mol. The third kappa shape index (κ3) is 4.92. The molecule has 0 aliphatic carbocycles. The van der Waals surface area contributed by atoms with Gasteiger partial charge in [0.1, 0.15) is 5.82 Å². The Balaban J connectivity index is 1.59. The smallest absolute Gasteiger partial charge is 0.291 e. The zero-order valence-electron chi connectivity index (χ0n) is 20.4. The van der Waals surface area contributed by atoms with Gasteiger partial charge in [-0.15, -0.1) is 0 Å². The first-order valence-electron chi connectivity index (χ1n) is 11.2. The standard InChI is InChI=1S/C26H26N4O6/c1-5-30(14-23-27-19-13-22(35-4)21(34-3)12-17(19)24(31)29-23)26(33)16-9-8-15(2)18(11-16)28-25(32)20-7-6-10-36-20/h6-13H,5,14H2,1-4H3,(H,28,32)(H,27,29,31). The Labute approximate surface area is 206 Å². The highest BCUT2D eigenvalue weighted by Gasteiger charge is 2.19. The molecule has 0 spiro atoms.